The number of hydrogen-bond donors (Lipinski definition) is 0. The van der Waals surface area contributed by atoms with Gasteiger partial charge in [0.25, 0.3) is 0 Å². The van der Waals surface area contributed by atoms with Crippen molar-refractivity contribution in [1.82, 2.24) is 19.8 Å². The molecule has 0 spiro atoms. The van der Waals surface area contributed by atoms with Gasteiger partial charge < -0.3 is 9.80 Å². The Morgan fingerprint density at radius 3 is 2.65 bits per heavy atom. The lowest BCUT2D eigenvalue weighted by Crippen LogP contribution is -2.36. The van der Waals surface area contributed by atoms with Gasteiger partial charge in [-0.15, -0.1) is 0 Å². The number of fused-ring (bicyclic) bond motifs is 1. The molecular formula is C20H28N4O2. The van der Waals surface area contributed by atoms with E-state index in [4.69, 9.17) is 4.98 Å². The van der Waals surface area contributed by atoms with Gasteiger partial charge in [-0.1, -0.05) is 19.3 Å². The second-order valence-corrected chi connectivity index (χ2v) is 8.00. The number of amides is 2. The first-order valence-corrected chi connectivity index (χ1v) is 10.0. The van der Waals surface area contributed by atoms with Crippen molar-refractivity contribution in [3.63, 3.8) is 0 Å². The quantitative estimate of drug-likeness (QED) is 0.815. The molecule has 0 radical (unpaired) electrons. The summed E-state index contributed by atoms with van der Waals surface area (Å²) in [6.07, 6.45) is 9.41. The molecule has 2 fully saturated rings. The predicted molar refractivity (Wildman–Crippen MR) is 97.3 cm³/mol. The van der Waals surface area contributed by atoms with E-state index < -0.39 is 0 Å². The molecule has 140 valence electrons. The molecule has 6 nitrogen and oxygen atoms in total. The first-order chi connectivity index (χ1) is 12.6. The molecule has 0 unspecified atom stereocenters. The molecule has 1 aliphatic carbocycles. The van der Waals surface area contributed by atoms with Gasteiger partial charge in [0.15, 0.2) is 0 Å². The van der Waals surface area contributed by atoms with E-state index in [1.165, 1.54) is 19.3 Å². The highest BCUT2D eigenvalue weighted by molar-refractivity contribution is 5.79. The summed E-state index contributed by atoms with van der Waals surface area (Å²) in [6.45, 7) is 4.54. The molecule has 3 aliphatic rings. The standard InChI is InChI=1S/C20H28N4O2/c1-14(25)23-10-8-18-17(13-23)11-21-19(22-18)16-7-9-24(12-16)20(26)15-5-3-2-4-6-15/h11,15-16H,2-10,12-13H2,1H3/t16-/m1/s1. The highest BCUT2D eigenvalue weighted by Gasteiger charge is 2.33. The van der Waals surface area contributed by atoms with Gasteiger partial charge in [-0.25, -0.2) is 9.97 Å². The summed E-state index contributed by atoms with van der Waals surface area (Å²) < 4.78 is 0. The van der Waals surface area contributed by atoms with E-state index in [0.717, 1.165) is 62.4 Å². The summed E-state index contributed by atoms with van der Waals surface area (Å²) >= 11 is 0. The zero-order valence-corrected chi connectivity index (χ0v) is 15.6. The van der Waals surface area contributed by atoms with Crippen LogP contribution >= 0.6 is 0 Å². The van der Waals surface area contributed by atoms with Crippen LogP contribution in [-0.2, 0) is 22.6 Å². The minimum atomic E-state index is 0.104. The molecule has 1 aromatic heterocycles. The summed E-state index contributed by atoms with van der Waals surface area (Å²) in [4.78, 5) is 37.6. The first-order valence-electron chi connectivity index (χ1n) is 10.0. The van der Waals surface area contributed by atoms with Crippen molar-refractivity contribution in [2.45, 2.75) is 64.3 Å². The largest absolute Gasteiger partial charge is 0.342 e. The Morgan fingerprint density at radius 1 is 1.08 bits per heavy atom. The maximum absolute atomic E-state index is 12.8. The van der Waals surface area contributed by atoms with E-state index in [1.807, 2.05) is 16.0 Å². The van der Waals surface area contributed by atoms with Crippen molar-refractivity contribution in [1.29, 1.82) is 0 Å². The summed E-state index contributed by atoms with van der Waals surface area (Å²) in [5.41, 5.74) is 2.13. The number of nitrogens with zero attached hydrogens (tertiary/aromatic N) is 4. The van der Waals surface area contributed by atoms with E-state index in [0.29, 0.717) is 12.5 Å². The summed E-state index contributed by atoms with van der Waals surface area (Å²) in [5.74, 6) is 1.82. The topological polar surface area (TPSA) is 66.4 Å². The van der Waals surface area contributed by atoms with Crippen LogP contribution in [0.4, 0.5) is 0 Å². The maximum Gasteiger partial charge on any atom is 0.225 e. The SMILES string of the molecule is CC(=O)N1CCc2nc([C@@H]3CCN(C(=O)C4CCCCC4)C3)ncc2C1. The van der Waals surface area contributed by atoms with Gasteiger partial charge in [0.05, 0.1) is 5.69 Å². The van der Waals surface area contributed by atoms with Crippen LogP contribution in [0.2, 0.25) is 0 Å². The van der Waals surface area contributed by atoms with Gasteiger partial charge in [0.1, 0.15) is 5.82 Å². The Labute approximate surface area is 155 Å². The van der Waals surface area contributed by atoms with E-state index in [1.54, 1.807) is 6.92 Å². The number of rotatable bonds is 2. The molecule has 0 aromatic carbocycles. The normalized spacial score (nSPS) is 23.8. The third-order valence-corrected chi connectivity index (χ3v) is 6.22. The summed E-state index contributed by atoms with van der Waals surface area (Å²) in [7, 11) is 0. The fraction of sp³-hybridized carbons (Fsp3) is 0.700. The number of hydrogen-bond acceptors (Lipinski definition) is 4. The van der Waals surface area contributed by atoms with Crippen LogP contribution in [0.1, 0.15) is 68.4 Å². The highest BCUT2D eigenvalue weighted by atomic mass is 16.2. The lowest BCUT2D eigenvalue weighted by atomic mass is 9.88. The highest BCUT2D eigenvalue weighted by Crippen LogP contribution is 2.31. The Bertz CT molecular complexity index is 699. The lowest BCUT2D eigenvalue weighted by Gasteiger charge is -2.27. The van der Waals surface area contributed by atoms with Crippen LogP contribution in [-0.4, -0.2) is 51.2 Å². The van der Waals surface area contributed by atoms with Crippen molar-refractivity contribution >= 4 is 11.8 Å². The van der Waals surface area contributed by atoms with Crippen molar-refractivity contribution in [2.75, 3.05) is 19.6 Å². The van der Waals surface area contributed by atoms with Gasteiger partial charge in [0, 0.05) is 63.1 Å². The Kier molecular flexibility index (Phi) is 4.92. The van der Waals surface area contributed by atoms with Crippen LogP contribution in [0.3, 0.4) is 0 Å². The molecule has 1 saturated carbocycles. The van der Waals surface area contributed by atoms with Crippen LogP contribution < -0.4 is 0 Å². The lowest BCUT2D eigenvalue weighted by molar-refractivity contribution is -0.135. The number of carbonyl (C=O) groups excluding carboxylic acids is 2. The predicted octanol–water partition coefficient (Wildman–Crippen LogP) is 2.28. The Hall–Kier alpha value is -1.98. The number of aromatic nitrogens is 2. The van der Waals surface area contributed by atoms with Crippen LogP contribution in [0.25, 0.3) is 0 Å². The third-order valence-electron chi connectivity index (χ3n) is 6.22. The van der Waals surface area contributed by atoms with Crippen molar-refractivity contribution in [2.24, 2.45) is 5.92 Å². The summed E-state index contributed by atoms with van der Waals surface area (Å²) in [5, 5.41) is 0. The van der Waals surface area contributed by atoms with Crippen molar-refractivity contribution in [3.8, 4) is 0 Å². The van der Waals surface area contributed by atoms with Gasteiger partial charge in [-0.3, -0.25) is 9.59 Å². The van der Waals surface area contributed by atoms with Crippen LogP contribution in [0, 0.1) is 5.92 Å². The van der Waals surface area contributed by atoms with Gasteiger partial charge in [0.2, 0.25) is 11.8 Å². The van der Waals surface area contributed by atoms with Gasteiger partial charge in [-0.05, 0) is 19.3 Å². The molecule has 4 rings (SSSR count). The minimum Gasteiger partial charge on any atom is -0.342 e. The van der Waals surface area contributed by atoms with Gasteiger partial charge in [-0.2, -0.15) is 0 Å². The molecule has 0 N–H and O–H groups in total. The number of carbonyl (C=O) groups is 2. The summed E-state index contributed by atoms with van der Waals surface area (Å²) in [6, 6.07) is 0. The van der Waals surface area contributed by atoms with Crippen molar-refractivity contribution < 1.29 is 9.59 Å². The monoisotopic (exact) mass is 356 g/mol. The third kappa shape index (κ3) is 3.46. The molecule has 0 bridgehead atoms. The van der Waals surface area contributed by atoms with Gasteiger partial charge >= 0.3 is 0 Å². The molecule has 26 heavy (non-hydrogen) atoms. The smallest absolute Gasteiger partial charge is 0.225 e. The van der Waals surface area contributed by atoms with Crippen LogP contribution in [0.15, 0.2) is 6.20 Å². The molecule has 2 aliphatic heterocycles. The minimum absolute atomic E-state index is 0.104. The molecule has 6 heteroatoms. The molecular weight excluding hydrogens is 328 g/mol. The zero-order valence-electron chi connectivity index (χ0n) is 15.6. The fourth-order valence-corrected chi connectivity index (χ4v) is 4.58. The van der Waals surface area contributed by atoms with E-state index in [9.17, 15) is 9.59 Å². The zero-order chi connectivity index (χ0) is 18.1. The van der Waals surface area contributed by atoms with E-state index in [2.05, 4.69) is 4.98 Å². The van der Waals surface area contributed by atoms with Crippen LogP contribution in [0.5, 0.6) is 0 Å². The Balaban J connectivity index is 1.41. The molecule has 1 saturated heterocycles. The number of likely N-dealkylation sites (tertiary alicyclic amines) is 1. The first kappa shape index (κ1) is 17.4. The van der Waals surface area contributed by atoms with E-state index >= 15 is 0 Å². The maximum atomic E-state index is 12.8. The molecule has 1 atom stereocenters. The second kappa shape index (κ2) is 7.33. The average molecular weight is 356 g/mol. The molecule has 1 aromatic rings. The Morgan fingerprint density at radius 2 is 1.88 bits per heavy atom. The molecule has 3 heterocycles. The molecule has 2 amide bonds. The fourth-order valence-electron chi connectivity index (χ4n) is 4.58. The second-order valence-electron chi connectivity index (χ2n) is 8.00. The average Bonchev–Trinajstić information content (AvgIpc) is 3.17. The van der Waals surface area contributed by atoms with Crippen molar-refractivity contribution in [3.05, 3.63) is 23.3 Å². The van der Waals surface area contributed by atoms with E-state index in [-0.39, 0.29) is 17.7 Å².